The zero-order valence-electron chi connectivity index (χ0n) is 16.1. The summed E-state index contributed by atoms with van der Waals surface area (Å²) in [6, 6.07) is 16.3. The third kappa shape index (κ3) is 3.69. The standard InChI is InChI=1S/C22H25N3OS/c1-22(2,3)17-10-8-16(9-11-17)20(26)24-12-14-25(15-13-24)21-23-18-6-4-5-7-19(18)27-21/h4-11H,12-15H2,1-3H3. The van der Waals surface area contributed by atoms with Gasteiger partial charge in [0.25, 0.3) is 5.91 Å². The van der Waals surface area contributed by atoms with Crippen LogP contribution in [0, 0.1) is 0 Å². The van der Waals surface area contributed by atoms with E-state index in [9.17, 15) is 4.79 Å². The molecule has 0 atom stereocenters. The molecular formula is C22H25N3OS. The molecule has 0 aliphatic carbocycles. The molecule has 4 rings (SSSR count). The lowest BCUT2D eigenvalue weighted by Gasteiger charge is -2.34. The maximum atomic E-state index is 12.8. The SMILES string of the molecule is CC(C)(C)c1ccc(C(=O)N2CCN(c3nc4ccccc4s3)CC2)cc1. The van der Waals surface area contributed by atoms with Crippen molar-refractivity contribution in [2.24, 2.45) is 0 Å². The van der Waals surface area contributed by atoms with Gasteiger partial charge in [-0.2, -0.15) is 0 Å². The monoisotopic (exact) mass is 379 g/mol. The molecular weight excluding hydrogens is 354 g/mol. The van der Waals surface area contributed by atoms with Crippen molar-refractivity contribution in [1.29, 1.82) is 0 Å². The first kappa shape index (κ1) is 18.0. The molecule has 3 aromatic rings. The van der Waals surface area contributed by atoms with E-state index in [4.69, 9.17) is 4.98 Å². The van der Waals surface area contributed by atoms with Gasteiger partial charge >= 0.3 is 0 Å². The molecule has 5 heteroatoms. The van der Waals surface area contributed by atoms with Crippen molar-refractivity contribution in [3.63, 3.8) is 0 Å². The first-order valence-corrected chi connectivity index (χ1v) is 10.2. The molecule has 1 saturated heterocycles. The van der Waals surface area contributed by atoms with Crippen LogP contribution >= 0.6 is 11.3 Å². The minimum atomic E-state index is 0.102. The number of piperazine rings is 1. The van der Waals surface area contributed by atoms with Crippen LogP contribution in [0.15, 0.2) is 48.5 Å². The molecule has 1 amide bonds. The summed E-state index contributed by atoms with van der Waals surface area (Å²) in [6.07, 6.45) is 0. The van der Waals surface area contributed by atoms with Crippen LogP contribution in [0.5, 0.6) is 0 Å². The number of rotatable bonds is 2. The Morgan fingerprint density at radius 2 is 1.63 bits per heavy atom. The Kier molecular flexibility index (Phi) is 4.64. The summed E-state index contributed by atoms with van der Waals surface area (Å²) in [7, 11) is 0. The number of anilines is 1. The highest BCUT2D eigenvalue weighted by Crippen LogP contribution is 2.29. The topological polar surface area (TPSA) is 36.4 Å². The van der Waals surface area contributed by atoms with Gasteiger partial charge in [0.15, 0.2) is 5.13 Å². The predicted octanol–water partition coefficient (Wildman–Crippen LogP) is 4.56. The number of carbonyl (C=O) groups excluding carboxylic acids is 1. The number of fused-ring (bicyclic) bond motifs is 1. The van der Waals surface area contributed by atoms with Gasteiger partial charge in [0, 0.05) is 31.7 Å². The third-order valence-electron chi connectivity index (χ3n) is 5.12. The number of hydrogen-bond acceptors (Lipinski definition) is 4. The fourth-order valence-electron chi connectivity index (χ4n) is 3.39. The molecule has 1 aromatic heterocycles. The second-order valence-corrected chi connectivity index (χ2v) is 9.08. The Hall–Kier alpha value is -2.40. The van der Waals surface area contributed by atoms with E-state index >= 15 is 0 Å². The number of para-hydroxylation sites is 1. The molecule has 2 heterocycles. The zero-order chi connectivity index (χ0) is 19.0. The van der Waals surface area contributed by atoms with Crippen LogP contribution in [0.3, 0.4) is 0 Å². The molecule has 140 valence electrons. The minimum absolute atomic E-state index is 0.102. The van der Waals surface area contributed by atoms with Crippen molar-refractivity contribution in [3.8, 4) is 0 Å². The van der Waals surface area contributed by atoms with Crippen LogP contribution in [0.2, 0.25) is 0 Å². The number of hydrogen-bond donors (Lipinski definition) is 0. The van der Waals surface area contributed by atoms with Crippen LogP contribution < -0.4 is 4.90 Å². The Morgan fingerprint density at radius 1 is 0.963 bits per heavy atom. The molecule has 4 nitrogen and oxygen atoms in total. The lowest BCUT2D eigenvalue weighted by atomic mass is 9.86. The number of aromatic nitrogens is 1. The molecule has 0 unspecified atom stereocenters. The largest absolute Gasteiger partial charge is 0.345 e. The lowest BCUT2D eigenvalue weighted by Crippen LogP contribution is -2.48. The van der Waals surface area contributed by atoms with Crippen molar-refractivity contribution in [2.75, 3.05) is 31.1 Å². The highest BCUT2D eigenvalue weighted by atomic mass is 32.1. The molecule has 2 aromatic carbocycles. The molecule has 1 fully saturated rings. The Bertz CT molecular complexity index is 915. The molecule has 27 heavy (non-hydrogen) atoms. The predicted molar refractivity (Wildman–Crippen MR) is 113 cm³/mol. The Balaban J connectivity index is 1.42. The maximum Gasteiger partial charge on any atom is 0.253 e. The highest BCUT2D eigenvalue weighted by molar-refractivity contribution is 7.22. The van der Waals surface area contributed by atoms with Crippen molar-refractivity contribution in [2.45, 2.75) is 26.2 Å². The summed E-state index contributed by atoms with van der Waals surface area (Å²) in [5.41, 5.74) is 3.18. The molecule has 0 N–H and O–H groups in total. The van der Waals surface area contributed by atoms with E-state index < -0.39 is 0 Å². The van der Waals surface area contributed by atoms with E-state index in [2.05, 4.69) is 49.9 Å². The van der Waals surface area contributed by atoms with E-state index in [1.165, 1.54) is 10.3 Å². The second-order valence-electron chi connectivity index (χ2n) is 8.07. The van der Waals surface area contributed by atoms with Gasteiger partial charge in [0.2, 0.25) is 0 Å². The van der Waals surface area contributed by atoms with Crippen LogP contribution in [0.4, 0.5) is 5.13 Å². The van der Waals surface area contributed by atoms with E-state index in [1.54, 1.807) is 11.3 Å². The highest BCUT2D eigenvalue weighted by Gasteiger charge is 2.24. The average molecular weight is 380 g/mol. The average Bonchev–Trinajstić information content (AvgIpc) is 3.11. The molecule has 0 radical (unpaired) electrons. The second kappa shape index (κ2) is 6.97. The van der Waals surface area contributed by atoms with Crippen LogP contribution in [-0.4, -0.2) is 42.0 Å². The summed E-state index contributed by atoms with van der Waals surface area (Å²) >= 11 is 1.73. The fourth-order valence-corrected chi connectivity index (χ4v) is 4.41. The number of thiazole rings is 1. The molecule has 0 spiro atoms. The van der Waals surface area contributed by atoms with Gasteiger partial charge in [0.1, 0.15) is 0 Å². The van der Waals surface area contributed by atoms with Gasteiger partial charge in [-0.25, -0.2) is 4.98 Å². The summed E-state index contributed by atoms with van der Waals surface area (Å²) in [5, 5.41) is 1.05. The third-order valence-corrected chi connectivity index (χ3v) is 6.22. The van der Waals surface area contributed by atoms with Crippen LogP contribution in [-0.2, 0) is 5.41 Å². The summed E-state index contributed by atoms with van der Waals surface area (Å²) in [6.45, 7) is 9.67. The smallest absolute Gasteiger partial charge is 0.253 e. The van der Waals surface area contributed by atoms with Crippen molar-refractivity contribution in [1.82, 2.24) is 9.88 Å². The molecule has 1 aliphatic rings. The van der Waals surface area contributed by atoms with Crippen molar-refractivity contribution in [3.05, 3.63) is 59.7 Å². The molecule has 0 bridgehead atoms. The quantitative estimate of drug-likeness (QED) is 0.655. The van der Waals surface area contributed by atoms with Gasteiger partial charge in [-0.3, -0.25) is 4.79 Å². The van der Waals surface area contributed by atoms with E-state index in [-0.39, 0.29) is 11.3 Å². The van der Waals surface area contributed by atoms with Gasteiger partial charge < -0.3 is 9.80 Å². The number of nitrogens with zero attached hydrogens (tertiary/aromatic N) is 3. The number of amides is 1. The number of benzene rings is 2. The zero-order valence-corrected chi connectivity index (χ0v) is 16.9. The van der Waals surface area contributed by atoms with E-state index in [1.807, 2.05) is 29.2 Å². The summed E-state index contributed by atoms with van der Waals surface area (Å²) in [5.74, 6) is 0.124. The fraction of sp³-hybridized carbons (Fsp3) is 0.364. The normalized spacial score (nSPS) is 15.4. The lowest BCUT2D eigenvalue weighted by molar-refractivity contribution is 0.0746. The van der Waals surface area contributed by atoms with Crippen molar-refractivity contribution < 1.29 is 4.79 Å². The van der Waals surface area contributed by atoms with Gasteiger partial charge in [0.05, 0.1) is 10.2 Å². The van der Waals surface area contributed by atoms with Gasteiger partial charge in [-0.05, 0) is 35.2 Å². The first-order valence-electron chi connectivity index (χ1n) is 9.42. The van der Waals surface area contributed by atoms with Gasteiger partial charge in [-0.1, -0.05) is 56.4 Å². The Morgan fingerprint density at radius 3 is 2.26 bits per heavy atom. The van der Waals surface area contributed by atoms with Crippen LogP contribution in [0.1, 0.15) is 36.7 Å². The summed E-state index contributed by atoms with van der Waals surface area (Å²) in [4.78, 5) is 21.8. The minimum Gasteiger partial charge on any atom is -0.345 e. The summed E-state index contributed by atoms with van der Waals surface area (Å²) < 4.78 is 1.21. The van der Waals surface area contributed by atoms with Crippen LogP contribution in [0.25, 0.3) is 10.2 Å². The Labute approximate surface area is 164 Å². The molecule has 0 saturated carbocycles. The van der Waals surface area contributed by atoms with E-state index in [0.717, 1.165) is 42.4 Å². The molecule has 1 aliphatic heterocycles. The first-order chi connectivity index (χ1) is 12.9. The maximum absolute atomic E-state index is 12.8. The number of carbonyl (C=O) groups is 1. The van der Waals surface area contributed by atoms with Crippen molar-refractivity contribution >= 4 is 32.6 Å². The van der Waals surface area contributed by atoms with E-state index in [0.29, 0.717) is 0 Å². The van der Waals surface area contributed by atoms with Gasteiger partial charge in [-0.15, -0.1) is 0 Å².